The number of rotatable bonds is 10. The van der Waals surface area contributed by atoms with Crippen molar-refractivity contribution in [2.45, 2.75) is 96.7 Å². The summed E-state index contributed by atoms with van der Waals surface area (Å²) in [6.07, 6.45) is 12.8. The third-order valence-corrected chi connectivity index (χ3v) is 6.01. The largest absolute Gasteiger partial charge is 0.444 e. The molecule has 0 aliphatic heterocycles. The van der Waals surface area contributed by atoms with Gasteiger partial charge < -0.3 is 20.3 Å². The standard InChI is InChI=1S/C28H41N3O4/c1-6-8-12-19-31(24(32)20-29-27(34)35-28(3,4)5)25(22-17-15-21(7-2)16-18-22)26(33)30-23-13-10-9-11-14-23/h2,15-18,23,25H,6,8-14,19-20H2,1,3-5H3,(H,29,34)(H,30,33). The monoisotopic (exact) mass is 483 g/mol. The Morgan fingerprint density at radius 3 is 2.34 bits per heavy atom. The lowest BCUT2D eigenvalue weighted by Crippen LogP contribution is -2.50. The molecule has 0 saturated heterocycles. The molecule has 192 valence electrons. The summed E-state index contributed by atoms with van der Waals surface area (Å²) in [4.78, 5) is 40.7. The first-order chi connectivity index (χ1) is 16.6. The van der Waals surface area contributed by atoms with Crippen molar-refractivity contribution < 1.29 is 19.1 Å². The average molecular weight is 484 g/mol. The van der Waals surface area contributed by atoms with Gasteiger partial charge in [0.15, 0.2) is 0 Å². The summed E-state index contributed by atoms with van der Waals surface area (Å²) in [6.45, 7) is 7.52. The van der Waals surface area contributed by atoms with E-state index in [0.717, 1.165) is 44.9 Å². The molecule has 1 unspecified atom stereocenters. The molecule has 0 spiro atoms. The fourth-order valence-electron chi connectivity index (χ4n) is 4.25. The first-order valence-electron chi connectivity index (χ1n) is 12.8. The van der Waals surface area contributed by atoms with Crippen LogP contribution >= 0.6 is 0 Å². The van der Waals surface area contributed by atoms with Crippen LogP contribution in [0.15, 0.2) is 24.3 Å². The number of nitrogens with one attached hydrogen (secondary N) is 2. The number of carbonyl (C=O) groups excluding carboxylic acids is 3. The summed E-state index contributed by atoms with van der Waals surface area (Å²) in [5.74, 6) is 2.05. The van der Waals surface area contributed by atoms with Gasteiger partial charge in [0, 0.05) is 18.2 Å². The highest BCUT2D eigenvalue weighted by Crippen LogP contribution is 2.25. The Morgan fingerprint density at radius 2 is 1.77 bits per heavy atom. The molecule has 3 amide bonds. The van der Waals surface area contributed by atoms with Gasteiger partial charge in [-0.15, -0.1) is 6.42 Å². The third kappa shape index (κ3) is 9.64. The molecule has 2 rings (SSSR count). The molecule has 1 aromatic carbocycles. The molecule has 1 atom stereocenters. The van der Waals surface area contributed by atoms with Crippen LogP contribution < -0.4 is 10.6 Å². The van der Waals surface area contributed by atoms with Crippen LogP contribution in [0.5, 0.6) is 0 Å². The van der Waals surface area contributed by atoms with Crippen LogP contribution in [0.25, 0.3) is 0 Å². The fraction of sp³-hybridized carbons (Fsp3) is 0.607. The first kappa shape index (κ1) is 28.2. The summed E-state index contributed by atoms with van der Waals surface area (Å²) in [6, 6.07) is 6.47. The van der Waals surface area contributed by atoms with E-state index in [1.54, 1.807) is 37.8 Å². The van der Waals surface area contributed by atoms with E-state index < -0.39 is 17.7 Å². The maximum absolute atomic E-state index is 13.6. The van der Waals surface area contributed by atoms with E-state index in [-0.39, 0.29) is 24.4 Å². The minimum absolute atomic E-state index is 0.108. The zero-order valence-corrected chi connectivity index (χ0v) is 21.7. The molecule has 1 aromatic rings. The van der Waals surface area contributed by atoms with Gasteiger partial charge in [-0.25, -0.2) is 4.79 Å². The Morgan fingerprint density at radius 1 is 1.11 bits per heavy atom. The maximum atomic E-state index is 13.6. The molecule has 7 heteroatoms. The van der Waals surface area contributed by atoms with Crippen LogP contribution in [-0.4, -0.2) is 47.5 Å². The van der Waals surface area contributed by atoms with E-state index in [2.05, 4.69) is 23.5 Å². The second-order valence-electron chi connectivity index (χ2n) is 10.2. The average Bonchev–Trinajstić information content (AvgIpc) is 2.82. The van der Waals surface area contributed by atoms with E-state index in [1.165, 1.54) is 6.42 Å². The van der Waals surface area contributed by atoms with Crippen molar-refractivity contribution in [3.8, 4) is 12.3 Å². The number of unbranched alkanes of at least 4 members (excludes halogenated alkanes) is 2. The van der Waals surface area contributed by atoms with Gasteiger partial charge in [-0.2, -0.15) is 0 Å². The third-order valence-electron chi connectivity index (χ3n) is 6.01. The number of terminal acetylenes is 1. The predicted molar refractivity (Wildman–Crippen MR) is 138 cm³/mol. The van der Waals surface area contributed by atoms with Crippen LogP contribution in [0.3, 0.4) is 0 Å². The van der Waals surface area contributed by atoms with Crippen LogP contribution in [0, 0.1) is 12.3 Å². The Kier molecular flexibility index (Phi) is 11.1. The highest BCUT2D eigenvalue weighted by Gasteiger charge is 2.33. The summed E-state index contributed by atoms with van der Waals surface area (Å²) in [5, 5.41) is 5.73. The molecule has 35 heavy (non-hydrogen) atoms. The molecular formula is C28H41N3O4. The van der Waals surface area contributed by atoms with Crippen molar-refractivity contribution in [3.63, 3.8) is 0 Å². The van der Waals surface area contributed by atoms with Crippen LogP contribution in [-0.2, 0) is 14.3 Å². The van der Waals surface area contributed by atoms with Crippen LogP contribution in [0.4, 0.5) is 4.79 Å². The Labute approximate surface area is 210 Å². The number of amides is 3. The van der Waals surface area contributed by atoms with Crippen molar-refractivity contribution in [2.24, 2.45) is 0 Å². The molecule has 0 heterocycles. The number of alkyl carbamates (subject to hydrolysis) is 1. The lowest BCUT2D eigenvalue weighted by atomic mass is 9.94. The smallest absolute Gasteiger partial charge is 0.408 e. The zero-order chi connectivity index (χ0) is 25.8. The Hall–Kier alpha value is -3.01. The zero-order valence-electron chi connectivity index (χ0n) is 21.7. The van der Waals surface area contributed by atoms with E-state index in [1.807, 2.05) is 12.1 Å². The second kappa shape index (κ2) is 13.8. The number of hydrogen-bond acceptors (Lipinski definition) is 4. The van der Waals surface area contributed by atoms with Gasteiger partial charge in [-0.1, -0.05) is 57.1 Å². The van der Waals surface area contributed by atoms with Gasteiger partial charge in [0.2, 0.25) is 11.8 Å². The Balaban J connectivity index is 2.29. The van der Waals surface area contributed by atoms with E-state index in [9.17, 15) is 14.4 Å². The quantitative estimate of drug-likeness (QED) is 0.373. The number of carbonyl (C=O) groups is 3. The van der Waals surface area contributed by atoms with E-state index >= 15 is 0 Å². The lowest BCUT2D eigenvalue weighted by molar-refractivity contribution is -0.140. The molecule has 1 saturated carbocycles. The van der Waals surface area contributed by atoms with E-state index in [0.29, 0.717) is 17.7 Å². The lowest BCUT2D eigenvalue weighted by Gasteiger charge is -2.33. The predicted octanol–water partition coefficient (Wildman–Crippen LogP) is 4.70. The van der Waals surface area contributed by atoms with Gasteiger partial charge in [-0.05, 0) is 57.7 Å². The number of benzene rings is 1. The first-order valence-corrected chi connectivity index (χ1v) is 12.8. The fourth-order valence-corrected chi connectivity index (χ4v) is 4.25. The molecule has 0 bridgehead atoms. The molecular weight excluding hydrogens is 442 g/mol. The van der Waals surface area contributed by atoms with Gasteiger partial charge in [-0.3, -0.25) is 9.59 Å². The van der Waals surface area contributed by atoms with Crippen molar-refractivity contribution >= 4 is 17.9 Å². The number of ether oxygens (including phenoxy) is 1. The summed E-state index contributed by atoms with van der Waals surface area (Å²) < 4.78 is 5.27. The highest BCUT2D eigenvalue weighted by atomic mass is 16.6. The van der Waals surface area contributed by atoms with Gasteiger partial charge in [0.1, 0.15) is 18.2 Å². The summed E-state index contributed by atoms with van der Waals surface area (Å²) in [5.41, 5.74) is 0.727. The van der Waals surface area contributed by atoms with Gasteiger partial charge in [0.05, 0.1) is 0 Å². The Bertz CT molecular complexity index is 877. The van der Waals surface area contributed by atoms with Gasteiger partial charge >= 0.3 is 6.09 Å². The maximum Gasteiger partial charge on any atom is 0.408 e. The molecule has 2 N–H and O–H groups in total. The highest BCUT2D eigenvalue weighted by molar-refractivity contribution is 5.90. The normalized spacial score (nSPS) is 14.9. The summed E-state index contributed by atoms with van der Waals surface area (Å²) >= 11 is 0. The molecule has 0 aromatic heterocycles. The van der Waals surface area contributed by atoms with Crippen molar-refractivity contribution in [3.05, 3.63) is 35.4 Å². The summed E-state index contributed by atoms with van der Waals surface area (Å²) in [7, 11) is 0. The van der Waals surface area contributed by atoms with Crippen LogP contribution in [0.1, 0.15) is 96.2 Å². The minimum Gasteiger partial charge on any atom is -0.444 e. The van der Waals surface area contributed by atoms with Crippen LogP contribution in [0.2, 0.25) is 0 Å². The topological polar surface area (TPSA) is 87.7 Å². The number of nitrogens with zero attached hydrogens (tertiary/aromatic N) is 1. The molecule has 1 fully saturated rings. The molecule has 1 aliphatic rings. The minimum atomic E-state index is -0.812. The van der Waals surface area contributed by atoms with E-state index in [4.69, 9.17) is 11.2 Å². The van der Waals surface area contributed by atoms with Crippen molar-refractivity contribution in [2.75, 3.05) is 13.1 Å². The second-order valence-corrected chi connectivity index (χ2v) is 10.2. The number of hydrogen-bond donors (Lipinski definition) is 2. The van der Waals surface area contributed by atoms with Crippen molar-refractivity contribution in [1.82, 2.24) is 15.5 Å². The van der Waals surface area contributed by atoms with Gasteiger partial charge in [0.25, 0.3) is 0 Å². The molecule has 1 aliphatic carbocycles. The molecule has 0 radical (unpaired) electrons. The SMILES string of the molecule is C#Cc1ccc(C(C(=O)NC2CCCCC2)N(CCCCC)C(=O)CNC(=O)OC(C)(C)C)cc1. The molecule has 7 nitrogen and oxygen atoms in total. The van der Waals surface area contributed by atoms with Crippen molar-refractivity contribution in [1.29, 1.82) is 0 Å².